The topological polar surface area (TPSA) is 76.0 Å². The Balaban J connectivity index is 1.80. The molecule has 0 fully saturated rings. The van der Waals surface area contributed by atoms with Gasteiger partial charge in [-0.05, 0) is 34.4 Å². The summed E-state index contributed by atoms with van der Waals surface area (Å²) in [5.74, 6) is -0.493. The van der Waals surface area contributed by atoms with Crippen LogP contribution in [0.15, 0.2) is 85.1 Å². The molecule has 3 rings (SSSR count). The van der Waals surface area contributed by atoms with Crippen molar-refractivity contribution in [3.8, 4) is 5.75 Å². The Kier molecular flexibility index (Phi) is 6.66. The maximum Gasteiger partial charge on any atom is 0.339 e. The van der Waals surface area contributed by atoms with Gasteiger partial charge >= 0.3 is 5.97 Å². The lowest BCUT2D eigenvalue weighted by Gasteiger charge is -2.14. The molecule has 0 aromatic heterocycles. The van der Waals surface area contributed by atoms with Gasteiger partial charge in [0.05, 0.1) is 13.4 Å². The third kappa shape index (κ3) is 5.03. The van der Waals surface area contributed by atoms with E-state index < -0.39 is 12.1 Å². The molecular weight excluding hydrogens is 368 g/mol. The quantitative estimate of drug-likeness (QED) is 0.440. The van der Waals surface area contributed by atoms with Gasteiger partial charge in [0.15, 0.2) is 0 Å². The fraction of sp³-hybridized carbons (Fsp3) is 0.125. The highest BCUT2D eigenvalue weighted by Gasteiger charge is 2.16. The molecule has 2 N–H and O–H groups in total. The lowest BCUT2D eigenvalue weighted by molar-refractivity contribution is -0.130. The van der Waals surface area contributed by atoms with Crippen LogP contribution in [0.2, 0.25) is 0 Å². The number of carboxylic acid groups (broad SMARTS) is 1. The van der Waals surface area contributed by atoms with E-state index in [4.69, 9.17) is 9.47 Å². The molecule has 5 nitrogen and oxygen atoms in total. The summed E-state index contributed by atoms with van der Waals surface area (Å²) in [6.07, 6.45) is 0.452. The Hall–Kier alpha value is -3.57. The van der Waals surface area contributed by atoms with Crippen molar-refractivity contribution in [3.05, 3.63) is 107 Å². The van der Waals surface area contributed by atoms with Crippen LogP contribution in [0.3, 0.4) is 0 Å². The second-order valence-corrected chi connectivity index (χ2v) is 6.40. The first-order chi connectivity index (χ1) is 14.1. The Labute approximate surface area is 169 Å². The lowest BCUT2D eigenvalue weighted by Crippen LogP contribution is -2.06. The molecule has 5 heteroatoms. The number of aliphatic carboxylic acids is 1. The zero-order chi connectivity index (χ0) is 20.6. The van der Waals surface area contributed by atoms with Crippen molar-refractivity contribution >= 4 is 11.5 Å². The van der Waals surface area contributed by atoms with Crippen LogP contribution >= 0.6 is 0 Å². The molecule has 0 spiro atoms. The summed E-state index contributed by atoms with van der Waals surface area (Å²) in [6.45, 7) is 0.176. The number of hydrogen-bond acceptors (Lipinski definition) is 4. The average molecular weight is 390 g/mol. The first kappa shape index (κ1) is 20.2. The minimum Gasteiger partial charge on any atom is -0.503 e. The van der Waals surface area contributed by atoms with E-state index in [1.807, 2.05) is 54.6 Å². The van der Waals surface area contributed by atoms with E-state index in [9.17, 15) is 15.0 Å². The minimum absolute atomic E-state index is 0.0555. The van der Waals surface area contributed by atoms with Crippen molar-refractivity contribution in [3.63, 3.8) is 0 Å². The monoisotopic (exact) mass is 390 g/mol. The molecule has 1 unspecified atom stereocenters. The number of methoxy groups -OCH3 is 1. The normalized spacial score (nSPS) is 12.3. The van der Waals surface area contributed by atoms with Gasteiger partial charge in [-0.25, -0.2) is 4.79 Å². The highest BCUT2D eigenvalue weighted by molar-refractivity contribution is 6.15. The predicted molar refractivity (Wildman–Crippen MR) is 110 cm³/mol. The molecule has 148 valence electrons. The Morgan fingerprint density at radius 2 is 1.66 bits per heavy atom. The highest BCUT2D eigenvalue weighted by Crippen LogP contribution is 2.26. The Morgan fingerprint density at radius 1 is 0.966 bits per heavy atom. The summed E-state index contributed by atoms with van der Waals surface area (Å²) in [5, 5.41) is 20.1. The summed E-state index contributed by atoms with van der Waals surface area (Å²) in [6, 6.07) is 23.7. The smallest absolute Gasteiger partial charge is 0.339 e. The maximum absolute atomic E-state index is 11.6. The number of carboxylic acids is 1. The van der Waals surface area contributed by atoms with Crippen LogP contribution in [0.25, 0.3) is 5.57 Å². The summed E-state index contributed by atoms with van der Waals surface area (Å²) in [4.78, 5) is 11.6. The zero-order valence-electron chi connectivity index (χ0n) is 16.0. The minimum atomic E-state index is -1.08. The Morgan fingerprint density at radius 3 is 2.38 bits per heavy atom. The van der Waals surface area contributed by atoms with Gasteiger partial charge in [0.2, 0.25) is 0 Å². The second-order valence-electron chi connectivity index (χ2n) is 6.40. The molecule has 0 aliphatic heterocycles. The number of benzene rings is 3. The average Bonchev–Trinajstić information content (AvgIpc) is 2.76. The molecule has 0 aliphatic carbocycles. The van der Waals surface area contributed by atoms with Crippen LogP contribution in [-0.2, 0) is 16.1 Å². The molecule has 0 heterocycles. The van der Waals surface area contributed by atoms with Gasteiger partial charge < -0.3 is 19.7 Å². The molecular formula is C24H22O5. The summed E-state index contributed by atoms with van der Waals surface area (Å²) < 4.78 is 10.8. The molecule has 0 bridgehead atoms. The number of carbonyl (C=O) groups is 1. The largest absolute Gasteiger partial charge is 0.503 e. The van der Waals surface area contributed by atoms with Crippen LogP contribution in [0.1, 0.15) is 28.4 Å². The highest BCUT2D eigenvalue weighted by atomic mass is 16.5. The van der Waals surface area contributed by atoms with E-state index in [1.165, 1.54) is 13.4 Å². The van der Waals surface area contributed by atoms with Crippen molar-refractivity contribution in [1.82, 2.24) is 0 Å². The molecule has 3 aromatic carbocycles. The molecule has 0 amide bonds. The van der Waals surface area contributed by atoms with Crippen molar-refractivity contribution < 1.29 is 24.5 Å². The fourth-order valence-corrected chi connectivity index (χ4v) is 3.02. The van der Waals surface area contributed by atoms with Crippen molar-refractivity contribution in [1.29, 1.82) is 0 Å². The van der Waals surface area contributed by atoms with E-state index in [0.717, 1.165) is 5.56 Å². The Bertz CT molecular complexity index is 995. The predicted octanol–water partition coefficient (Wildman–Crippen LogP) is 4.42. The second kappa shape index (κ2) is 9.57. The number of ether oxygens (including phenoxy) is 2. The molecule has 0 saturated carbocycles. The molecule has 0 saturated heterocycles. The number of hydrogen-bond donors (Lipinski definition) is 2. The van der Waals surface area contributed by atoms with Gasteiger partial charge in [-0.15, -0.1) is 0 Å². The molecule has 29 heavy (non-hydrogen) atoms. The van der Waals surface area contributed by atoms with E-state index in [0.29, 0.717) is 22.4 Å². The van der Waals surface area contributed by atoms with Crippen LogP contribution in [0, 0.1) is 0 Å². The number of aliphatic hydroxyl groups is 1. The maximum atomic E-state index is 11.6. The van der Waals surface area contributed by atoms with Crippen LogP contribution < -0.4 is 4.74 Å². The summed E-state index contributed by atoms with van der Waals surface area (Å²) in [5.41, 5.74) is 2.81. The fourth-order valence-electron chi connectivity index (χ4n) is 3.02. The summed E-state index contributed by atoms with van der Waals surface area (Å²) in [7, 11) is 1.41. The lowest BCUT2D eigenvalue weighted by atomic mass is 10.0. The van der Waals surface area contributed by atoms with Gasteiger partial charge in [-0.1, -0.05) is 66.7 Å². The van der Waals surface area contributed by atoms with Gasteiger partial charge in [0.25, 0.3) is 0 Å². The van der Waals surface area contributed by atoms with Gasteiger partial charge in [0.1, 0.15) is 24.0 Å². The first-order valence-electron chi connectivity index (χ1n) is 9.10. The number of aliphatic hydroxyl groups excluding tert-OH is 1. The van der Waals surface area contributed by atoms with E-state index in [2.05, 4.69) is 0 Å². The van der Waals surface area contributed by atoms with Gasteiger partial charge in [-0.2, -0.15) is 0 Å². The van der Waals surface area contributed by atoms with Crippen LogP contribution in [0.4, 0.5) is 0 Å². The van der Waals surface area contributed by atoms with Crippen molar-refractivity contribution in [2.45, 2.75) is 12.7 Å². The third-order valence-electron chi connectivity index (χ3n) is 4.46. The molecule has 1 atom stereocenters. The van der Waals surface area contributed by atoms with Crippen molar-refractivity contribution in [2.24, 2.45) is 0 Å². The van der Waals surface area contributed by atoms with Crippen molar-refractivity contribution in [2.75, 3.05) is 7.11 Å². The number of rotatable bonds is 8. The molecule has 3 aromatic rings. The zero-order valence-corrected chi connectivity index (χ0v) is 16.0. The van der Waals surface area contributed by atoms with Crippen LogP contribution in [-0.4, -0.2) is 23.3 Å². The van der Waals surface area contributed by atoms with E-state index >= 15 is 0 Å². The molecule has 0 aliphatic rings. The van der Waals surface area contributed by atoms with Gasteiger partial charge in [0, 0.05) is 0 Å². The van der Waals surface area contributed by atoms with Crippen LogP contribution in [0.5, 0.6) is 5.75 Å². The molecule has 0 radical (unpaired) electrons. The van der Waals surface area contributed by atoms with Gasteiger partial charge in [-0.3, -0.25) is 0 Å². The first-order valence-corrected chi connectivity index (χ1v) is 9.10. The SMILES string of the molecule is COC=C(C(=O)O)c1ccccc1COc1cccc(C(O)c2ccccc2)c1. The third-order valence-corrected chi connectivity index (χ3v) is 4.46. The van der Waals surface area contributed by atoms with E-state index in [-0.39, 0.29) is 12.2 Å². The van der Waals surface area contributed by atoms with E-state index in [1.54, 1.807) is 24.3 Å². The standard InChI is InChI=1S/C24H22O5/c1-28-16-22(24(26)27)21-13-6-5-10-19(21)15-29-20-12-7-11-18(14-20)23(25)17-8-3-2-4-9-17/h2-14,16,23,25H,15H2,1H3,(H,26,27). The summed E-state index contributed by atoms with van der Waals surface area (Å²) >= 11 is 0.